The highest BCUT2D eigenvalue weighted by Crippen LogP contribution is 2.36. The Balaban J connectivity index is 1.55. The number of nitriles is 2. The van der Waals surface area contributed by atoms with Crippen LogP contribution in [0.4, 0.5) is 0 Å². The molecule has 1 atom stereocenters. The molecule has 0 radical (unpaired) electrons. The molecule has 170 valence electrons. The molecule has 1 aliphatic heterocycles. The van der Waals surface area contributed by atoms with Gasteiger partial charge in [0, 0.05) is 37.0 Å². The van der Waals surface area contributed by atoms with E-state index in [-0.39, 0.29) is 0 Å². The molecule has 0 saturated carbocycles. The zero-order valence-electron chi connectivity index (χ0n) is 18.7. The number of nitrogens with zero attached hydrogens (tertiary/aromatic N) is 8. The van der Waals surface area contributed by atoms with Crippen LogP contribution in [0.5, 0.6) is 5.75 Å². The first-order chi connectivity index (χ1) is 16.5. The van der Waals surface area contributed by atoms with E-state index in [2.05, 4.69) is 29.3 Å². The number of pyridine rings is 2. The Morgan fingerprint density at radius 3 is 2.85 bits per heavy atom. The van der Waals surface area contributed by atoms with Gasteiger partial charge in [-0.3, -0.25) is 4.68 Å². The minimum atomic E-state index is -0.421. The first kappa shape index (κ1) is 21.7. The smallest absolute Gasteiger partial charge is 0.179 e. The van der Waals surface area contributed by atoms with Crippen LogP contribution in [-0.2, 0) is 13.0 Å². The lowest BCUT2D eigenvalue weighted by molar-refractivity contribution is 0.224. The van der Waals surface area contributed by atoms with Crippen LogP contribution in [0.1, 0.15) is 35.7 Å². The van der Waals surface area contributed by atoms with Gasteiger partial charge >= 0.3 is 0 Å². The van der Waals surface area contributed by atoms with Crippen molar-refractivity contribution in [3.63, 3.8) is 0 Å². The average molecular weight is 473 g/mol. The Hall–Kier alpha value is -4.08. The summed E-state index contributed by atoms with van der Waals surface area (Å²) in [6, 6.07) is 9.25. The number of fused-ring (bicyclic) bond motifs is 2. The van der Waals surface area contributed by atoms with Crippen LogP contribution < -0.4 is 4.74 Å². The van der Waals surface area contributed by atoms with E-state index in [1.54, 1.807) is 27.7 Å². The van der Waals surface area contributed by atoms with Crippen molar-refractivity contribution < 1.29 is 4.74 Å². The fraction of sp³-hybridized carbons (Fsp3) is 0.292. The van der Waals surface area contributed by atoms with Crippen LogP contribution in [0.2, 0.25) is 5.02 Å². The SMILES string of the molecule is Cc1c(-c2cc(OC(C)c3cccc(C#N)n3)c3c(Cl)cnn3c2)nn2c1CCN(C#N)CC2. The number of hydrogen-bond donors (Lipinski definition) is 0. The van der Waals surface area contributed by atoms with Crippen molar-refractivity contribution in [3.05, 3.63) is 64.3 Å². The molecule has 0 fully saturated rings. The van der Waals surface area contributed by atoms with Gasteiger partial charge in [-0.1, -0.05) is 17.7 Å². The summed E-state index contributed by atoms with van der Waals surface area (Å²) in [6.45, 7) is 5.90. The van der Waals surface area contributed by atoms with Crippen LogP contribution in [0.15, 0.2) is 36.7 Å². The fourth-order valence-electron chi connectivity index (χ4n) is 4.29. The maximum Gasteiger partial charge on any atom is 0.179 e. The predicted molar refractivity (Wildman–Crippen MR) is 125 cm³/mol. The highest BCUT2D eigenvalue weighted by atomic mass is 35.5. The van der Waals surface area contributed by atoms with Crippen molar-refractivity contribution in [1.29, 1.82) is 10.5 Å². The molecular formula is C24H21ClN8O. The number of rotatable bonds is 4. The minimum Gasteiger partial charge on any atom is -0.482 e. The number of halogens is 1. The summed E-state index contributed by atoms with van der Waals surface area (Å²) in [6.07, 6.45) is 6.04. The first-order valence-electron chi connectivity index (χ1n) is 10.9. The molecule has 4 aromatic heterocycles. The van der Waals surface area contributed by atoms with Crippen molar-refractivity contribution in [2.24, 2.45) is 0 Å². The molecular weight excluding hydrogens is 452 g/mol. The van der Waals surface area contributed by atoms with E-state index in [4.69, 9.17) is 21.4 Å². The maximum atomic E-state index is 9.24. The van der Waals surface area contributed by atoms with Gasteiger partial charge in [-0.2, -0.15) is 20.7 Å². The molecule has 9 nitrogen and oxygen atoms in total. The first-order valence-corrected chi connectivity index (χ1v) is 11.3. The lowest BCUT2D eigenvalue weighted by Gasteiger charge is -2.16. The highest BCUT2D eigenvalue weighted by Gasteiger charge is 2.22. The topological polar surface area (TPSA) is 108 Å². The monoisotopic (exact) mass is 472 g/mol. The van der Waals surface area contributed by atoms with Gasteiger partial charge in [0.25, 0.3) is 0 Å². The molecule has 0 bridgehead atoms. The Morgan fingerprint density at radius 2 is 2.06 bits per heavy atom. The molecule has 0 N–H and O–H groups in total. The van der Waals surface area contributed by atoms with Gasteiger partial charge in [-0.25, -0.2) is 9.50 Å². The standard InChI is InChI=1S/C24H21ClN8O/c1-15-21-6-7-31(14-27)8-9-32(21)30-23(15)17-10-22(24-19(25)12-28-33(24)13-17)34-16(2)20-5-3-4-18(11-26)29-20/h3-5,10,12-13,16H,6-9H2,1-2H3. The average Bonchev–Trinajstić information content (AvgIpc) is 3.30. The molecule has 1 aliphatic rings. The highest BCUT2D eigenvalue weighted by molar-refractivity contribution is 6.34. The van der Waals surface area contributed by atoms with E-state index in [9.17, 15) is 10.5 Å². The molecule has 1 unspecified atom stereocenters. The molecule has 0 spiro atoms. The second kappa shape index (κ2) is 8.69. The lowest BCUT2D eigenvalue weighted by atomic mass is 10.1. The van der Waals surface area contributed by atoms with Crippen LogP contribution in [-0.4, -0.2) is 42.4 Å². The molecule has 4 aromatic rings. The van der Waals surface area contributed by atoms with Gasteiger partial charge in [-0.15, -0.1) is 0 Å². The largest absolute Gasteiger partial charge is 0.482 e. The van der Waals surface area contributed by atoms with Crippen molar-refractivity contribution in [1.82, 2.24) is 29.3 Å². The van der Waals surface area contributed by atoms with Crippen LogP contribution >= 0.6 is 11.6 Å². The molecule has 10 heteroatoms. The van der Waals surface area contributed by atoms with Gasteiger partial charge in [0.2, 0.25) is 0 Å². The number of ether oxygens (including phenoxy) is 1. The zero-order valence-corrected chi connectivity index (χ0v) is 19.5. The normalized spacial score (nSPS) is 14.2. The predicted octanol–water partition coefficient (Wildman–Crippen LogP) is 3.91. The fourth-order valence-corrected chi connectivity index (χ4v) is 4.51. The maximum absolute atomic E-state index is 9.24. The van der Waals surface area contributed by atoms with E-state index >= 15 is 0 Å². The summed E-state index contributed by atoms with van der Waals surface area (Å²) < 4.78 is 9.99. The minimum absolute atomic E-state index is 0.333. The molecule has 34 heavy (non-hydrogen) atoms. The quantitative estimate of drug-likeness (QED) is 0.414. The Kier molecular flexibility index (Phi) is 5.56. The summed E-state index contributed by atoms with van der Waals surface area (Å²) in [4.78, 5) is 6.11. The number of hydrogen-bond acceptors (Lipinski definition) is 7. The van der Waals surface area contributed by atoms with Crippen molar-refractivity contribution in [3.8, 4) is 29.3 Å². The van der Waals surface area contributed by atoms with Crippen molar-refractivity contribution in [2.75, 3.05) is 13.1 Å². The third-order valence-corrected chi connectivity index (χ3v) is 6.35. The molecule has 0 aromatic carbocycles. The third-order valence-electron chi connectivity index (χ3n) is 6.07. The molecule has 5 rings (SSSR count). The van der Waals surface area contributed by atoms with Crippen LogP contribution in [0, 0.1) is 29.7 Å². The summed E-state index contributed by atoms with van der Waals surface area (Å²) >= 11 is 6.44. The Bertz CT molecular complexity index is 1470. The second-order valence-corrected chi connectivity index (χ2v) is 8.59. The third kappa shape index (κ3) is 3.81. The van der Waals surface area contributed by atoms with Crippen LogP contribution in [0.25, 0.3) is 16.8 Å². The van der Waals surface area contributed by atoms with E-state index in [0.29, 0.717) is 47.3 Å². The molecule has 0 amide bonds. The summed E-state index contributed by atoms with van der Waals surface area (Å²) in [5.74, 6) is 0.551. The van der Waals surface area contributed by atoms with E-state index in [1.165, 1.54) is 0 Å². The molecule has 0 aliphatic carbocycles. The van der Waals surface area contributed by atoms with Crippen LogP contribution in [0.3, 0.4) is 0 Å². The van der Waals surface area contributed by atoms with Crippen molar-refractivity contribution >= 4 is 17.1 Å². The van der Waals surface area contributed by atoms with Gasteiger partial charge < -0.3 is 9.64 Å². The van der Waals surface area contributed by atoms with Gasteiger partial charge in [-0.05, 0) is 37.6 Å². The van der Waals surface area contributed by atoms with Crippen molar-refractivity contribution in [2.45, 2.75) is 32.9 Å². The van der Waals surface area contributed by atoms with E-state index in [1.807, 2.05) is 29.9 Å². The Labute approximate surface area is 201 Å². The summed E-state index contributed by atoms with van der Waals surface area (Å²) in [5, 5.41) is 28.1. The lowest BCUT2D eigenvalue weighted by Crippen LogP contribution is -2.21. The molecule has 0 saturated heterocycles. The summed E-state index contributed by atoms with van der Waals surface area (Å²) in [5.41, 5.74) is 5.51. The van der Waals surface area contributed by atoms with E-state index in [0.717, 1.165) is 28.9 Å². The summed E-state index contributed by atoms with van der Waals surface area (Å²) in [7, 11) is 0. The van der Waals surface area contributed by atoms with Gasteiger partial charge in [0.05, 0.1) is 29.2 Å². The second-order valence-electron chi connectivity index (χ2n) is 8.18. The van der Waals surface area contributed by atoms with Gasteiger partial charge in [0.15, 0.2) is 6.19 Å². The zero-order chi connectivity index (χ0) is 23.8. The Morgan fingerprint density at radius 1 is 1.21 bits per heavy atom. The van der Waals surface area contributed by atoms with Gasteiger partial charge in [0.1, 0.15) is 29.1 Å². The molecule has 5 heterocycles. The van der Waals surface area contributed by atoms with E-state index < -0.39 is 6.10 Å². The number of aromatic nitrogens is 5.